The van der Waals surface area contributed by atoms with E-state index in [0.29, 0.717) is 26.1 Å². The fourth-order valence-corrected chi connectivity index (χ4v) is 1.93. The van der Waals surface area contributed by atoms with Crippen molar-refractivity contribution in [2.75, 3.05) is 39.9 Å². The maximum Gasteiger partial charge on any atom is 0.307 e. The molecule has 1 rings (SSSR count). The van der Waals surface area contributed by atoms with E-state index in [1.807, 2.05) is 11.9 Å². The van der Waals surface area contributed by atoms with Gasteiger partial charge in [0.05, 0.1) is 25.7 Å². The summed E-state index contributed by atoms with van der Waals surface area (Å²) in [4.78, 5) is 24.6. The molecule has 1 unspecified atom stereocenters. The summed E-state index contributed by atoms with van der Waals surface area (Å²) >= 11 is 0. The fourth-order valence-electron chi connectivity index (χ4n) is 1.93. The Morgan fingerprint density at radius 2 is 2.26 bits per heavy atom. The van der Waals surface area contributed by atoms with Crippen molar-refractivity contribution in [3.63, 3.8) is 0 Å². The summed E-state index contributed by atoms with van der Waals surface area (Å²) in [6.45, 7) is 4.34. The lowest BCUT2D eigenvalue weighted by atomic mass is 10.2. The maximum absolute atomic E-state index is 11.7. The predicted molar refractivity (Wildman–Crippen MR) is 70.7 cm³/mol. The van der Waals surface area contributed by atoms with Gasteiger partial charge in [0.2, 0.25) is 5.91 Å². The van der Waals surface area contributed by atoms with Crippen LogP contribution >= 0.6 is 0 Å². The predicted octanol–water partition coefficient (Wildman–Crippen LogP) is 0.167. The van der Waals surface area contributed by atoms with Crippen LogP contribution in [0.15, 0.2) is 0 Å². The highest BCUT2D eigenvalue weighted by molar-refractivity contribution is 5.78. The number of esters is 1. The molecule has 0 spiro atoms. The molecule has 1 aliphatic rings. The molecule has 0 aromatic heterocycles. The molecule has 6 heteroatoms. The summed E-state index contributed by atoms with van der Waals surface area (Å²) in [5.74, 6) is -0.268. The minimum Gasteiger partial charge on any atom is -0.466 e. The van der Waals surface area contributed by atoms with Crippen molar-refractivity contribution in [2.45, 2.75) is 32.3 Å². The van der Waals surface area contributed by atoms with Crippen LogP contribution in [0.2, 0.25) is 0 Å². The van der Waals surface area contributed by atoms with Crippen molar-refractivity contribution in [1.29, 1.82) is 0 Å². The van der Waals surface area contributed by atoms with Crippen LogP contribution in [0.1, 0.15) is 26.2 Å². The van der Waals surface area contributed by atoms with Gasteiger partial charge in [0, 0.05) is 19.7 Å². The fraction of sp³-hybridized carbons (Fsp3) is 0.846. The number of likely N-dealkylation sites (N-methyl/N-ethyl adjacent to an activating group) is 1. The van der Waals surface area contributed by atoms with Crippen LogP contribution in [0.25, 0.3) is 0 Å². The van der Waals surface area contributed by atoms with E-state index < -0.39 is 0 Å². The lowest BCUT2D eigenvalue weighted by Gasteiger charge is -2.16. The first-order chi connectivity index (χ1) is 9.11. The third-order valence-electron chi connectivity index (χ3n) is 2.97. The van der Waals surface area contributed by atoms with Crippen molar-refractivity contribution in [3.8, 4) is 0 Å². The molecule has 1 fully saturated rings. The van der Waals surface area contributed by atoms with Gasteiger partial charge in [-0.2, -0.15) is 0 Å². The molecule has 1 saturated heterocycles. The molecule has 1 amide bonds. The Morgan fingerprint density at radius 1 is 1.47 bits per heavy atom. The number of ether oxygens (including phenoxy) is 2. The second-order valence-electron chi connectivity index (χ2n) is 4.73. The van der Waals surface area contributed by atoms with Gasteiger partial charge in [-0.05, 0) is 26.8 Å². The van der Waals surface area contributed by atoms with E-state index in [-0.39, 0.29) is 24.5 Å². The number of hydrogen-bond donors (Lipinski definition) is 1. The molecular weight excluding hydrogens is 248 g/mol. The van der Waals surface area contributed by atoms with Crippen molar-refractivity contribution >= 4 is 11.9 Å². The summed E-state index contributed by atoms with van der Waals surface area (Å²) < 4.78 is 10.3. The highest BCUT2D eigenvalue weighted by Crippen LogP contribution is 2.10. The third kappa shape index (κ3) is 7.12. The Balaban J connectivity index is 2.07. The van der Waals surface area contributed by atoms with Crippen LogP contribution in [-0.4, -0.2) is 62.8 Å². The Morgan fingerprint density at radius 3 is 2.89 bits per heavy atom. The van der Waals surface area contributed by atoms with E-state index in [2.05, 4.69) is 5.32 Å². The Bertz CT molecular complexity index is 290. The van der Waals surface area contributed by atoms with Gasteiger partial charge in [0.25, 0.3) is 0 Å². The SMILES string of the molecule is CCOC(=O)CCN(C)CC(=O)NCC1CCCO1. The molecular formula is C13H24N2O4. The molecule has 0 bridgehead atoms. The zero-order valence-electron chi connectivity index (χ0n) is 11.8. The van der Waals surface area contributed by atoms with Crippen LogP contribution in [-0.2, 0) is 19.1 Å². The molecule has 0 saturated carbocycles. The van der Waals surface area contributed by atoms with E-state index in [0.717, 1.165) is 19.4 Å². The second-order valence-corrected chi connectivity index (χ2v) is 4.73. The Kier molecular flexibility index (Phi) is 7.43. The van der Waals surface area contributed by atoms with Crippen molar-refractivity contribution < 1.29 is 19.1 Å². The van der Waals surface area contributed by atoms with Gasteiger partial charge in [0.15, 0.2) is 0 Å². The van der Waals surface area contributed by atoms with E-state index in [4.69, 9.17) is 9.47 Å². The third-order valence-corrected chi connectivity index (χ3v) is 2.97. The van der Waals surface area contributed by atoms with E-state index in [1.54, 1.807) is 6.92 Å². The lowest BCUT2D eigenvalue weighted by molar-refractivity contribution is -0.143. The molecule has 0 aliphatic carbocycles. The molecule has 0 aromatic carbocycles. The van der Waals surface area contributed by atoms with Crippen LogP contribution in [0.5, 0.6) is 0 Å². The smallest absolute Gasteiger partial charge is 0.307 e. The summed E-state index contributed by atoms with van der Waals surface area (Å²) in [5.41, 5.74) is 0. The Labute approximate surface area is 114 Å². The number of nitrogens with one attached hydrogen (secondary N) is 1. The van der Waals surface area contributed by atoms with Crippen LogP contribution in [0, 0.1) is 0 Å². The van der Waals surface area contributed by atoms with Crippen LogP contribution in [0.3, 0.4) is 0 Å². The molecule has 1 atom stereocenters. The quantitative estimate of drug-likeness (QED) is 0.638. The van der Waals surface area contributed by atoms with Crippen LogP contribution < -0.4 is 5.32 Å². The molecule has 19 heavy (non-hydrogen) atoms. The van der Waals surface area contributed by atoms with Gasteiger partial charge in [-0.3, -0.25) is 14.5 Å². The highest BCUT2D eigenvalue weighted by atomic mass is 16.5. The number of rotatable bonds is 8. The standard InChI is InChI=1S/C13H24N2O4/c1-3-18-13(17)6-7-15(2)10-12(16)14-9-11-5-4-8-19-11/h11H,3-10H2,1-2H3,(H,14,16). The molecule has 1 heterocycles. The van der Waals surface area contributed by atoms with Crippen molar-refractivity contribution in [2.24, 2.45) is 0 Å². The number of carbonyl (C=O) groups excluding carboxylic acids is 2. The molecule has 110 valence electrons. The largest absolute Gasteiger partial charge is 0.466 e. The van der Waals surface area contributed by atoms with Gasteiger partial charge in [-0.1, -0.05) is 0 Å². The number of nitrogens with zero attached hydrogens (tertiary/aromatic N) is 1. The monoisotopic (exact) mass is 272 g/mol. The van der Waals surface area contributed by atoms with Gasteiger partial charge in [-0.15, -0.1) is 0 Å². The van der Waals surface area contributed by atoms with Gasteiger partial charge in [0.1, 0.15) is 0 Å². The molecule has 1 N–H and O–H groups in total. The van der Waals surface area contributed by atoms with E-state index in [9.17, 15) is 9.59 Å². The number of carbonyl (C=O) groups is 2. The second kappa shape index (κ2) is 8.87. The van der Waals surface area contributed by atoms with Gasteiger partial charge >= 0.3 is 5.97 Å². The zero-order valence-corrected chi connectivity index (χ0v) is 11.8. The Hall–Kier alpha value is -1.14. The molecule has 0 radical (unpaired) electrons. The van der Waals surface area contributed by atoms with Crippen molar-refractivity contribution in [1.82, 2.24) is 10.2 Å². The van der Waals surface area contributed by atoms with Crippen molar-refractivity contribution in [3.05, 3.63) is 0 Å². The summed E-state index contributed by atoms with van der Waals surface area (Å²) in [6.07, 6.45) is 2.55. The topological polar surface area (TPSA) is 67.9 Å². The van der Waals surface area contributed by atoms with E-state index in [1.165, 1.54) is 0 Å². The molecule has 1 aliphatic heterocycles. The van der Waals surface area contributed by atoms with Crippen LogP contribution in [0.4, 0.5) is 0 Å². The minimum atomic E-state index is -0.228. The average molecular weight is 272 g/mol. The van der Waals surface area contributed by atoms with Gasteiger partial charge in [-0.25, -0.2) is 0 Å². The zero-order chi connectivity index (χ0) is 14.1. The molecule has 0 aromatic rings. The normalized spacial score (nSPS) is 18.6. The first-order valence-electron chi connectivity index (χ1n) is 6.84. The van der Waals surface area contributed by atoms with E-state index >= 15 is 0 Å². The highest BCUT2D eigenvalue weighted by Gasteiger charge is 2.16. The summed E-state index contributed by atoms with van der Waals surface area (Å²) in [5, 5.41) is 2.85. The minimum absolute atomic E-state index is 0.0399. The number of hydrogen-bond acceptors (Lipinski definition) is 5. The summed E-state index contributed by atoms with van der Waals surface area (Å²) in [6, 6.07) is 0. The maximum atomic E-state index is 11.7. The number of amides is 1. The summed E-state index contributed by atoms with van der Waals surface area (Å²) in [7, 11) is 1.81. The molecule has 6 nitrogen and oxygen atoms in total. The van der Waals surface area contributed by atoms with Gasteiger partial charge < -0.3 is 14.8 Å². The first kappa shape index (κ1) is 15.9. The average Bonchev–Trinajstić information content (AvgIpc) is 2.87. The lowest BCUT2D eigenvalue weighted by Crippen LogP contribution is -2.39. The first-order valence-corrected chi connectivity index (χ1v) is 6.84.